The first-order valence-electron chi connectivity index (χ1n) is 7.98. The largest absolute Gasteiger partial charge is 0.493 e. The van der Waals surface area contributed by atoms with Crippen molar-refractivity contribution in [1.82, 2.24) is 9.21 Å². The minimum Gasteiger partial charge on any atom is -0.493 e. The smallest absolute Gasteiger partial charge is 0.260 e. The number of rotatable bonds is 7. The fraction of sp³-hybridized carbons (Fsp3) is 0.471. The van der Waals surface area contributed by atoms with Crippen molar-refractivity contribution in [3.05, 3.63) is 36.4 Å². The third-order valence-electron chi connectivity index (χ3n) is 4.02. The molecule has 1 aromatic rings. The summed E-state index contributed by atoms with van der Waals surface area (Å²) in [6.45, 7) is 4.94. The Kier molecular flexibility index (Phi) is 6.44. The van der Waals surface area contributed by atoms with E-state index in [0.29, 0.717) is 37.7 Å². The van der Waals surface area contributed by atoms with Crippen LogP contribution in [0.25, 0.3) is 0 Å². The molecule has 1 fully saturated rings. The molecule has 0 saturated carbocycles. The van der Waals surface area contributed by atoms with Gasteiger partial charge >= 0.3 is 0 Å². The highest BCUT2D eigenvalue weighted by atomic mass is 32.2. The molecule has 1 amide bonds. The summed E-state index contributed by atoms with van der Waals surface area (Å²) in [6, 6.07) is 5.52. The Bertz CT molecular complexity index is 725. The molecule has 1 saturated heterocycles. The molecular formula is C17H24N2O5S. The predicted molar refractivity (Wildman–Crippen MR) is 95.4 cm³/mol. The molecule has 138 valence electrons. The van der Waals surface area contributed by atoms with Gasteiger partial charge in [0.1, 0.15) is 0 Å². The van der Waals surface area contributed by atoms with E-state index in [4.69, 9.17) is 9.47 Å². The number of benzene rings is 1. The number of carbonyl (C=O) groups is 1. The fourth-order valence-corrected chi connectivity index (χ4v) is 3.45. The quantitative estimate of drug-likeness (QED) is 0.669. The summed E-state index contributed by atoms with van der Waals surface area (Å²) in [4.78, 5) is 13.9. The van der Waals surface area contributed by atoms with Gasteiger partial charge in [-0.3, -0.25) is 4.79 Å². The van der Waals surface area contributed by atoms with Crippen LogP contribution in [0.2, 0.25) is 0 Å². The van der Waals surface area contributed by atoms with E-state index in [1.807, 2.05) is 12.1 Å². The Morgan fingerprint density at radius 3 is 2.48 bits per heavy atom. The van der Waals surface area contributed by atoms with Crippen LogP contribution in [-0.2, 0) is 21.2 Å². The van der Waals surface area contributed by atoms with Crippen LogP contribution >= 0.6 is 0 Å². The number of amides is 1. The monoisotopic (exact) mass is 368 g/mol. The molecule has 0 unspecified atom stereocenters. The van der Waals surface area contributed by atoms with Gasteiger partial charge in [-0.1, -0.05) is 12.1 Å². The summed E-state index contributed by atoms with van der Waals surface area (Å²) in [5.74, 6) is 0.887. The summed E-state index contributed by atoms with van der Waals surface area (Å²) < 4.78 is 35.3. The van der Waals surface area contributed by atoms with E-state index >= 15 is 0 Å². The van der Waals surface area contributed by atoms with Gasteiger partial charge in [0.05, 0.1) is 13.4 Å². The molecule has 1 heterocycles. The van der Waals surface area contributed by atoms with Crippen molar-refractivity contribution in [3.8, 4) is 11.5 Å². The second kappa shape index (κ2) is 8.35. The molecule has 0 aliphatic carbocycles. The van der Waals surface area contributed by atoms with Crippen LogP contribution in [0.1, 0.15) is 5.56 Å². The fourth-order valence-electron chi connectivity index (χ4n) is 2.62. The van der Waals surface area contributed by atoms with Gasteiger partial charge in [-0.2, -0.15) is 4.31 Å². The Morgan fingerprint density at radius 1 is 1.24 bits per heavy atom. The van der Waals surface area contributed by atoms with Gasteiger partial charge in [0.25, 0.3) is 5.91 Å². The number of nitrogens with zero attached hydrogens (tertiary/aromatic N) is 2. The molecule has 0 radical (unpaired) electrons. The molecule has 25 heavy (non-hydrogen) atoms. The summed E-state index contributed by atoms with van der Waals surface area (Å²) in [5.41, 5.74) is 1.04. The molecule has 0 bridgehead atoms. The lowest BCUT2D eigenvalue weighted by Gasteiger charge is -2.33. The number of hydrogen-bond donors (Lipinski definition) is 0. The van der Waals surface area contributed by atoms with Crippen molar-refractivity contribution in [2.75, 3.05) is 46.2 Å². The Hall–Kier alpha value is -2.06. The van der Waals surface area contributed by atoms with Crippen molar-refractivity contribution in [3.63, 3.8) is 0 Å². The number of carbonyl (C=O) groups excluding carboxylic acids is 1. The lowest BCUT2D eigenvalue weighted by atomic mass is 10.1. The zero-order valence-corrected chi connectivity index (χ0v) is 15.4. The molecule has 2 rings (SSSR count). The molecule has 0 spiro atoms. The zero-order chi connectivity index (χ0) is 18.4. The second-order valence-electron chi connectivity index (χ2n) is 5.81. The first-order valence-corrected chi connectivity index (χ1v) is 9.83. The second-order valence-corrected chi connectivity index (χ2v) is 7.79. The standard InChI is InChI=1S/C17H24N2O5S/c1-4-5-14-6-7-15(16(12-14)23-2)24-13-17(20)18-8-10-19(11-9-18)25(3,21)22/h4,6-7,12H,1,5,8-11,13H2,2-3H3. The Labute approximate surface area is 148 Å². The SMILES string of the molecule is C=CCc1ccc(OCC(=O)N2CCN(S(C)(=O)=O)CC2)c(OC)c1. The number of piperazine rings is 1. The summed E-state index contributed by atoms with van der Waals surface area (Å²) in [5, 5.41) is 0. The normalized spacial score (nSPS) is 15.7. The Balaban J connectivity index is 1.91. The third kappa shape index (κ3) is 5.20. The number of sulfonamides is 1. The van der Waals surface area contributed by atoms with E-state index in [0.717, 1.165) is 12.0 Å². The third-order valence-corrected chi connectivity index (χ3v) is 5.32. The highest BCUT2D eigenvalue weighted by molar-refractivity contribution is 7.88. The van der Waals surface area contributed by atoms with Crippen LogP contribution < -0.4 is 9.47 Å². The van der Waals surface area contributed by atoms with Gasteiger partial charge in [-0.25, -0.2) is 8.42 Å². The Morgan fingerprint density at radius 2 is 1.92 bits per heavy atom. The number of methoxy groups -OCH3 is 1. The lowest BCUT2D eigenvalue weighted by molar-refractivity contribution is -0.134. The molecule has 0 atom stereocenters. The van der Waals surface area contributed by atoms with Crippen LogP contribution in [0.3, 0.4) is 0 Å². The molecule has 1 aliphatic heterocycles. The van der Waals surface area contributed by atoms with Crippen LogP contribution in [0.5, 0.6) is 11.5 Å². The first kappa shape index (κ1) is 19.3. The maximum atomic E-state index is 12.3. The minimum atomic E-state index is -3.21. The van der Waals surface area contributed by atoms with Crippen molar-refractivity contribution >= 4 is 15.9 Å². The summed E-state index contributed by atoms with van der Waals surface area (Å²) >= 11 is 0. The molecular weight excluding hydrogens is 344 g/mol. The summed E-state index contributed by atoms with van der Waals surface area (Å²) in [7, 11) is -1.66. The van der Waals surface area contributed by atoms with Crippen LogP contribution in [0, 0.1) is 0 Å². The maximum Gasteiger partial charge on any atom is 0.260 e. The maximum absolute atomic E-state index is 12.3. The van der Waals surface area contributed by atoms with E-state index in [1.165, 1.54) is 10.6 Å². The number of hydrogen-bond acceptors (Lipinski definition) is 5. The van der Waals surface area contributed by atoms with E-state index in [1.54, 1.807) is 24.2 Å². The molecule has 0 N–H and O–H groups in total. The number of allylic oxidation sites excluding steroid dienone is 1. The highest BCUT2D eigenvalue weighted by Gasteiger charge is 2.26. The van der Waals surface area contributed by atoms with Crippen LogP contribution in [0.4, 0.5) is 0 Å². The molecule has 0 aromatic heterocycles. The first-order chi connectivity index (χ1) is 11.8. The highest BCUT2D eigenvalue weighted by Crippen LogP contribution is 2.28. The molecule has 7 nitrogen and oxygen atoms in total. The molecule has 1 aliphatic rings. The van der Waals surface area contributed by atoms with Crippen molar-refractivity contribution in [2.24, 2.45) is 0 Å². The molecule has 8 heteroatoms. The van der Waals surface area contributed by atoms with Gasteiger partial charge in [-0.15, -0.1) is 6.58 Å². The van der Waals surface area contributed by atoms with E-state index in [2.05, 4.69) is 6.58 Å². The lowest BCUT2D eigenvalue weighted by Crippen LogP contribution is -2.51. The summed E-state index contributed by atoms with van der Waals surface area (Å²) in [6.07, 6.45) is 3.70. The average molecular weight is 368 g/mol. The minimum absolute atomic E-state index is 0.115. The van der Waals surface area contributed by atoms with Crippen molar-refractivity contribution in [1.29, 1.82) is 0 Å². The topological polar surface area (TPSA) is 76.2 Å². The van der Waals surface area contributed by atoms with Gasteiger partial charge in [0.2, 0.25) is 10.0 Å². The van der Waals surface area contributed by atoms with E-state index in [9.17, 15) is 13.2 Å². The van der Waals surface area contributed by atoms with Gasteiger partial charge in [-0.05, 0) is 24.1 Å². The number of ether oxygens (including phenoxy) is 2. The van der Waals surface area contributed by atoms with Gasteiger partial charge < -0.3 is 14.4 Å². The average Bonchev–Trinajstić information content (AvgIpc) is 2.59. The molecule has 1 aromatic carbocycles. The zero-order valence-electron chi connectivity index (χ0n) is 14.6. The van der Waals surface area contributed by atoms with E-state index in [-0.39, 0.29) is 12.5 Å². The predicted octanol–water partition coefficient (Wildman–Crippen LogP) is 0.906. The van der Waals surface area contributed by atoms with Crippen LogP contribution in [-0.4, -0.2) is 69.7 Å². The van der Waals surface area contributed by atoms with E-state index < -0.39 is 10.0 Å². The van der Waals surface area contributed by atoms with Crippen molar-refractivity contribution < 1.29 is 22.7 Å². The van der Waals surface area contributed by atoms with Gasteiger partial charge in [0, 0.05) is 26.2 Å². The van der Waals surface area contributed by atoms with Crippen LogP contribution in [0.15, 0.2) is 30.9 Å². The van der Waals surface area contributed by atoms with Gasteiger partial charge in [0.15, 0.2) is 18.1 Å². The van der Waals surface area contributed by atoms with Crippen molar-refractivity contribution in [2.45, 2.75) is 6.42 Å².